The summed E-state index contributed by atoms with van der Waals surface area (Å²) in [5, 5.41) is 2.63. The normalized spacial score (nSPS) is 14.7. The molecule has 1 N–H and O–H groups in total. The van der Waals surface area contributed by atoms with Gasteiger partial charge in [0.15, 0.2) is 0 Å². The fourth-order valence-electron chi connectivity index (χ4n) is 2.72. The number of nitrogens with one attached hydrogen (secondary N) is 1. The van der Waals surface area contributed by atoms with Crippen molar-refractivity contribution in [2.45, 2.75) is 26.3 Å². The molecule has 0 radical (unpaired) electrons. The van der Waals surface area contributed by atoms with Crippen molar-refractivity contribution in [1.82, 2.24) is 10.2 Å². The summed E-state index contributed by atoms with van der Waals surface area (Å²) in [6, 6.07) is 7.25. The van der Waals surface area contributed by atoms with Crippen molar-refractivity contribution in [2.75, 3.05) is 26.8 Å². The van der Waals surface area contributed by atoms with Gasteiger partial charge < -0.3 is 19.7 Å². The highest BCUT2D eigenvalue weighted by Crippen LogP contribution is 2.18. The first kappa shape index (κ1) is 18.8. The van der Waals surface area contributed by atoms with Gasteiger partial charge in [-0.25, -0.2) is 0 Å². The summed E-state index contributed by atoms with van der Waals surface area (Å²) in [5.41, 5.74) is 0.878. The third-order valence-corrected chi connectivity index (χ3v) is 4.21. The molecule has 0 bridgehead atoms. The Bertz CT molecular complexity index is 606. The van der Waals surface area contributed by atoms with Crippen molar-refractivity contribution in [1.29, 1.82) is 0 Å². The molecule has 0 unspecified atom stereocenters. The van der Waals surface area contributed by atoms with E-state index in [-0.39, 0.29) is 18.4 Å². The molecule has 2 rings (SSSR count). The first-order valence-electron chi connectivity index (χ1n) is 8.41. The van der Waals surface area contributed by atoms with Crippen LogP contribution >= 0.6 is 0 Å². The predicted molar refractivity (Wildman–Crippen MR) is 90.8 cm³/mol. The van der Waals surface area contributed by atoms with E-state index in [0.717, 1.165) is 11.3 Å². The maximum atomic E-state index is 12.2. The summed E-state index contributed by atoms with van der Waals surface area (Å²) in [6.07, 6.45) is 1.05. The van der Waals surface area contributed by atoms with Gasteiger partial charge in [0.1, 0.15) is 5.75 Å². The van der Waals surface area contributed by atoms with Crippen LogP contribution in [0.4, 0.5) is 0 Å². The van der Waals surface area contributed by atoms with Crippen LogP contribution in [-0.2, 0) is 25.7 Å². The van der Waals surface area contributed by atoms with Crippen molar-refractivity contribution in [3.05, 3.63) is 29.8 Å². The number of hydrogen-bond donors (Lipinski definition) is 1. The van der Waals surface area contributed by atoms with Gasteiger partial charge in [-0.3, -0.25) is 14.4 Å². The molecular formula is C18H24N2O5. The Morgan fingerprint density at radius 2 is 1.80 bits per heavy atom. The number of benzene rings is 1. The molecule has 7 heteroatoms. The Morgan fingerprint density at radius 3 is 2.36 bits per heavy atom. The number of amides is 2. The topological polar surface area (TPSA) is 84.9 Å². The van der Waals surface area contributed by atoms with Crippen LogP contribution in [0.1, 0.15) is 25.3 Å². The quantitative estimate of drug-likeness (QED) is 0.636. The Kier molecular flexibility index (Phi) is 6.80. The number of methoxy groups -OCH3 is 1. The zero-order chi connectivity index (χ0) is 18.2. The lowest BCUT2D eigenvalue weighted by Crippen LogP contribution is -2.47. The van der Waals surface area contributed by atoms with E-state index in [1.165, 1.54) is 4.90 Å². The highest BCUT2D eigenvalue weighted by Gasteiger charge is 2.30. The maximum absolute atomic E-state index is 12.2. The summed E-state index contributed by atoms with van der Waals surface area (Å²) in [6.45, 7) is 3.17. The molecule has 0 spiro atoms. The number of carbonyl (C=O) groups is 3. The second-order valence-corrected chi connectivity index (χ2v) is 5.85. The van der Waals surface area contributed by atoms with E-state index >= 15 is 0 Å². The van der Waals surface area contributed by atoms with Crippen LogP contribution in [0.3, 0.4) is 0 Å². The minimum Gasteiger partial charge on any atom is -0.497 e. The van der Waals surface area contributed by atoms with E-state index in [1.807, 2.05) is 12.1 Å². The van der Waals surface area contributed by atoms with Crippen LogP contribution in [0.5, 0.6) is 5.75 Å². The van der Waals surface area contributed by atoms with Crippen molar-refractivity contribution in [3.63, 3.8) is 0 Å². The van der Waals surface area contributed by atoms with Crippen LogP contribution in [0.2, 0.25) is 0 Å². The molecule has 1 aromatic carbocycles. The number of ether oxygens (including phenoxy) is 2. The van der Waals surface area contributed by atoms with E-state index in [1.54, 1.807) is 26.2 Å². The summed E-state index contributed by atoms with van der Waals surface area (Å²) >= 11 is 0. The molecule has 1 fully saturated rings. The van der Waals surface area contributed by atoms with Crippen molar-refractivity contribution in [3.8, 4) is 5.75 Å². The third-order valence-electron chi connectivity index (χ3n) is 4.21. The van der Waals surface area contributed by atoms with Gasteiger partial charge in [-0.2, -0.15) is 0 Å². The Morgan fingerprint density at radius 1 is 1.16 bits per heavy atom. The zero-order valence-electron chi connectivity index (χ0n) is 14.6. The number of hydrogen-bond acceptors (Lipinski definition) is 5. The zero-order valence-corrected chi connectivity index (χ0v) is 14.6. The SMILES string of the molecule is CCOC(=O)C1CCN(C(=O)C(=O)NCc2ccc(OC)cc2)CC1. The second-order valence-electron chi connectivity index (χ2n) is 5.85. The lowest BCUT2D eigenvalue weighted by molar-refractivity contribution is -0.152. The highest BCUT2D eigenvalue weighted by atomic mass is 16.5. The van der Waals surface area contributed by atoms with E-state index in [9.17, 15) is 14.4 Å². The number of likely N-dealkylation sites (tertiary alicyclic amines) is 1. The lowest BCUT2D eigenvalue weighted by atomic mass is 9.97. The van der Waals surface area contributed by atoms with Crippen molar-refractivity contribution < 1.29 is 23.9 Å². The Hall–Kier alpha value is -2.57. The predicted octanol–water partition coefficient (Wildman–Crippen LogP) is 1.11. The number of piperidine rings is 1. The van der Waals surface area contributed by atoms with Gasteiger partial charge in [0.25, 0.3) is 0 Å². The molecule has 1 aromatic rings. The Labute approximate surface area is 147 Å². The fraction of sp³-hybridized carbons (Fsp3) is 0.500. The van der Waals surface area contributed by atoms with Crippen molar-refractivity contribution >= 4 is 17.8 Å². The second kappa shape index (κ2) is 9.05. The molecule has 1 aliphatic heterocycles. The number of carbonyl (C=O) groups excluding carboxylic acids is 3. The molecule has 1 saturated heterocycles. The molecule has 7 nitrogen and oxygen atoms in total. The highest BCUT2D eigenvalue weighted by molar-refractivity contribution is 6.35. The molecule has 1 aliphatic rings. The minimum absolute atomic E-state index is 0.189. The van der Waals surface area contributed by atoms with Crippen molar-refractivity contribution in [2.24, 2.45) is 5.92 Å². The van der Waals surface area contributed by atoms with Crippen LogP contribution in [-0.4, -0.2) is 49.5 Å². The van der Waals surface area contributed by atoms with E-state index in [2.05, 4.69) is 5.32 Å². The molecule has 25 heavy (non-hydrogen) atoms. The minimum atomic E-state index is -0.634. The molecule has 0 atom stereocenters. The maximum Gasteiger partial charge on any atom is 0.311 e. The smallest absolute Gasteiger partial charge is 0.311 e. The summed E-state index contributed by atoms with van der Waals surface area (Å²) in [4.78, 5) is 37.4. The van der Waals surface area contributed by atoms with Gasteiger partial charge in [-0.1, -0.05) is 12.1 Å². The van der Waals surface area contributed by atoms with Crippen LogP contribution in [0.15, 0.2) is 24.3 Å². The largest absolute Gasteiger partial charge is 0.497 e. The van der Waals surface area contributed by atoms with Crippen LogP contribution in [0, 0.1) is 5.92 Å². The van der Waals surface area contributed by atoms with Gasteiger partial charge in [-0.05, 0) is 37.5 Å². The number of nitrogens with zero attached hydrogens (tertiary/aromatic N) is 1. The van der Waals surface area contributed by atoms with E-state index in [0.29, 0.717) is 32.5 Å². The number of rotatable bonds is 5. The monoisotopic (exact) mass is 348 g/mol. The van der Waals surface area contributed by atoms with Gasteiger partial charge >= 0.3 is 17.8 Å². The van der Waals surface area contributed by atoms with Gasteiger partial charge in [0.05, 0.1) is 19.6 Å². The molecular weight excluding hydrogens is 324 g/mol. The van der Waals surface area contributed by atoms with Crippen LogP contribution in [0.25, 0.3) is 0 Å². The summed E-state index contributed by atoms with van der Waals surface area (Å²) in [7, 11) is 1.58. The fourth-order valence-corrected chi connectivity index (χ4v) is 2.72. The van der Waals surface area contributed by atoms with Crippen LogP contribution < -0.4 is 10.1 Å². The third kappa shape index (κ3) is 5.20. The summed E-state index contributed by atoms with van der Waals surface area (Å²) < 4.78 is 10.1. The molecule has 2 amide bonds. The first-order chi connectivity index (χ1) is 12.0. The molecule has 0 aliphatic carbocycles. The van der Waals surface area contributed by atoms with E-state index < -0.39 is 11.8 Å². The average Bonchev–Trinajstić information content (AvgIpc) is 2.66. The van der Waals surface area contributed by atoms with E-state index in [4.69, 9.17) is 9.47 Å². The lowest BCUT2D eigenvalue weighted by Gasteiger charge is -2.30. The van der Waals surface area contributed by atoms with Gasteiger partial charge in [0.2, 0.25) is 0 Å². The molecule has 1 heterocycles. The average molecular weight is 348 g/mol. The standard InChI is InChI=1S/C18H24N2O5/c1-3-25-18(23)14-8-10-20(11-9-14)17(22)16(21)19-12-13-4-6-15(24-2)7-5-13/h4-7,14H,3,8-12H2,1-2H3,(H,19,21). The summed E-state index contributed by atoms with van der Waals surface area (Å²) in [5.74, 6) is -0.873. The van der Waals surface area contributed by atoms with Gasteiger partial charge in [0, 0.05) is 19.6 Å². The number of esters is 1. The first-order valence-corrected chi connectivity index (χ1v) is 8.41. The van der Waals surface area contributed by atoms with Gasteiger partial charge in [-0.15, -0.1) is 0 Å². The Balaban J connectivity index is 1.78. The molecule has 0 aromatic heterocycles. The molecule has 136 valence electrons. The molecule has 0 saturated carbocycles.